The fourth-order valence-electron chi connectivity index (χ4n) is 3.96. The molecule has 3 heterocycles. The van der Waals surface area contributed by atoms with Crippen LogP contribution in [0.4, 0.5) is 5.95 Å². The number of anilines is 1. The van der Waals surface area contributed by atoms with E-state index in [4.69, 9.17) is 10.7 Å². The van der Waals surface area contributed by atoms with Crippen LogP contribution in [0.3, 0.4) is 0 Å². The van der Waals surface area contributed by atoms with Crippen molar-refractivity contribution in [3.63, 3.8) is 0 Å². The van der Waals surface area contributed by atoms with Crippen molar-refractivity contribution in [1.29, 1.82) is 0 Å². The molecule has 0 aliphatic carbocycles. The number of likely N-dealkylation sites (tertiary alicyclic amines) is 1. The summed E-state index contributed by atoms with van der Waals surface area (Å²) in [6, 6.07) is 14.9. The van der Waals surface area contributed by atoms with Crippen molar-refractivity contribution in [3.05, 3.63) is 54.4 Å². The predicted octanol–water partition coefficient (Wildman–Crippen LogP) is 2.88. The van der Waals surface area contributed by atoms with Gasteiger partial charge in [-0.15, -0.1) is 0 Å². The van der Waals surface area contributed by atoms with Crippen LogP contribution in [0.5, 0.6) is 0 Å². The van der Waals surface area contributed by atoms with Crippen LogP contribution >= 0.6 is 0 Å². The minimum absolute atomic E-state index is 0.110. The lowest BCUT2D eigenvalue weighted by Crippen LogP contribution is -2.41. The van der Waals surface area contributed by atoms with E-state index < -0.39 is 0 Å². The van der Waals surface area contributed by atoms with Crippen LogP contribution in [0.25, 0.3) is 11.0 Å². The number of para-hydroxylation sites is 2. The first-order valence-corrected chi connectivity index (χ1v) is 9.83. The quantitative estimate of drug-likeness (QED) is 0.704. The van der Waals surface area contributed by atoms with Crippen LogP contribution in [-0.4, -0.2) is 51.7 Å². The molecule has 1 fully saturated rings. The molecule has 1 aliphatic heterocycles. The zero-order valence-electron chi connectivity index (χ0n) is 15.9. The van der Waals surface area contributed by atoms with Crippen LogP contribution < -0.4 is 11.1 Å². The fraction of sp³-hybridized carbons (Fsp3) is 0.429. The van der Waals surface area contributed by atoms with E-state index in [2.05, 4.69) is 51.0 Å². The minimum atomic E-state index is 0.110. The standard InChI is InChI=1S/C21H28N6/c1-16(18-6-4-5-12-23-18)27-20-8-3-2-7-19(20)25-21(27)24-17-9-13-26(14-10-17)15-11-22/h2-8,12,16-17H,9-11,13-15,22H2,1H3,(H,24,25). The van der Waals surface area contributed by atoms with Crippen molar-refractivity contribution >= 4 is 17.0 Å². The lowest BCUT2D eigenvalue weighted by Gasteiger charge is -2.32. The number of fused-ring (bicyclic) bond motifs is 1. The smallest absolute Gasteiger partial charge is 0.204 e. The molecular weight excluding hydrogens is 336 g/mol. The molecule has 6 heteroatoms. The van der Waals surface area contributed by atoms with Gasteiger partial charge in [0.25, 0.3) is 0 Å². The number of benzene rings is 1. The molecule has 142 valence electrons. The number of rotatable bonds is 6. The van der Waals surface area contributed by atoms with Crippen LogP contribution in [0.2, 0.25) is 0 Å². The van der Waals surface area contributed by atoms with Gasteiger partial charge in [0.15, 0.2) is 0 Å². The third kappa shape index (κ3) is 3.82. The van der Waals surface area contributed by atoms with Gasteiger partial charge in [-0.1, -0.05) is 18.2 Å². The molecule has 1 saturated heterocycles. The van der Waals surface area contributed by atoms with E-state index in [1.54, 1.807) is 0 Å². The van der Waals surface area contributed by atoms with Crippen LogP contribution in [-0.2, 0) is 0 Å². The fourth-order valence-corrected chi connectivity index (χ4v) is 3.96. The van der Waals surface area contributed by atoms with Crippen molar-refractivity contribution in [3.8, 4) is 0 Å². The monoisotopic (exact) mass is 364 g/mol. The van der Waals surface area contributed by atoms with Gasteiger partial charge < -0.3 is 20.5 Å². The Labute approximate surface area is 160 Å². The maximum Gasteiger partial charge on any atom is 0.204 e. The topological polar surface area (TPSA) is 72.0 Å². The normalized spacial score (nSPS) is 17.3. The second-order valence-corrected chi connectivity index (χ2v) is 7.27. The zero-order chi connectivity index (χ0) is 18.6. The van der Waals surface area contributed by atoms with E-state index in [-0.39, 0.29) is 6.04 Å². The Morgan fingerprint density at radius 2 is 1.93 bits per heavy atom. The summed E-state index contributed by atoms with van der Waals surface area (Å²) >= 11 is 0. The van der Waals surface area contributed by atoms with Gasteiger partial charge in [0.2, 0.25) is 5.95 Å². The van der Waals surface area contributed by atoms with E-state index in [0.29, 0.717) is 6.04 Å². The Hall–Kier alpha value is -2.44. The van der Waals surface area contributed by atoms with E-state index in [1.807, 2.05) is 24.4 Å². The van der Waals surface area contributed by atoms with Gasteiger partial charge in [0, 0.05) is 38.4 Å². The van der Waals surface area contributed by atoms with Gasteiger partial charge in [-0.05, 0) is 44.0 Å². The highest BCUT2D eigenvalue weighted by atomic mass is 15.2. The Kier molecular flexibility index (Phi) is 5.36. The Morgan fingerprint density at radius 1 is 1.15 bits per heavy atom. The highest BCUT2D eigenvalue weighted by molar-refractivity contribution is 5.79. The summed E-state index contributed by atoms with van der Waals surface area (Å²) in [5.74, 6) is 0.937. The van der Waals surface area contributed by atoms with Crippen molar-refractivity contribution in [2.24, 2.45) is 5.73 Å². The molecule has 1 aromatic carbocycles. The van der Waals surface area contributed by atoms with Gasteiger partial charge in [-0.2, -0.15) is 0 Å². The number of pyridine rings is 1. The van der Waals surface area contributed by atoms with Crippen LogP contribution in [0, 0.1) is 0 Å². The molecule has 3 aromatic rings. The maximum absolute atomic E-state index is 5.69. The van der Waals surface area contributed by atoms with Gasteiger partial charge in [-0.25, -0.2) is 4.98 Å². The molecule has 3 N–H and O–H groups in total. The summed E-state index contributed by atoms with van der Waals surface area (Å²) in [6.45, 7) is 6.08. The second kappa shape index (κ2) is 8.06. The second-order valence-electron chi connectivity index (χ2n) is 7.27. The summed E-state index contributed by atoms with van der Waals surface area (Å²) in [4.78, 5) is 11.9. The number of hydrogen-bond acceptors (Lipinski definition) is 5. The average Bonchev–Trinajstić information content (AvgIpc) is 3.07. The van der Waals surface area contributed by atoms with E-state index in [0.717, 1.165) is 61.7 Å². The first-order chi connectivity index (χ1) is 13.3. The molecule has 0 bridgehead atoms. The molecule has 1 atom stereocenters. The largest absolute Gasteiger partial charge is 0.353 e. The molecule has 0 spiro atoms. The number of aromatic nitrogens is 3. The lowest BCUT2D eigenvalue weighted by atomic mass is 10.1. The Balaban J connectivity index is 1.61. The molecular formula is C21H28N6. The molecule has 1 aliphatic rings. The molecule has 0 saturated carbocycles. The number of nitrogens with two attached hydrogens (primary N) is 1. The van der Waals surface area contributed by atoms with Crippen molar-refractivity contribution in [1.82, 2.24) is 19.4 Å². The number of piperidine rings is 1. The lowest BCUT2D eigenvalue weighted by molar-refractivity contribution is 0.224. The molecule has 27 heavy (non-hydrogen) atoms. The van der Waals surface area contributed by atoms with E-state index >= 15 is 0 Å². The highest BCUT2D eigenvalue weighted by Gasteiger charge is 2.23. The molecule has 6 nitrogen and oxygen atoms in total. The molecule has 0 amide bonds. The van der Waals surface area contributed by atoms with Crippen molar-refractivity contribution < 1.29 is 0 Å². The summed E-state index contributed by atoms with van der Waals surface area (Å²) in [6.07, 6.45) is 4.08. The predicted molar refractivity (Wildman–Crippen MR) is 110 cm³/mol. The van der Waals surface area contributed by atoms with Gasteiger partial charge in [0.05, 0.1) is 22.8 Å². The first-order valence-electron chi connectivity index (χ1n) is 9.83. The minimum Gasteiger partial charge on any atom is -0.353 e. The molecule has 2 aromatic heterocycles. The first kappa shape index (κ1) is 17.9. The van der Waals surface area contributed by atoms with E-state index in [1.165, 1.54) is 0 Å². The van der Waals surface area contributed by atoms with Crippen LogP contribution in [0.1, 0.15) is 31.5 Å². The van der Waals surface area contributed by atoms with E-state index in [9.17, 15) is 0 Å². The summed E-state index contributed by atoms with van der Waals surface area (Å²) in [7, 11) is 0. The third-order valence-electron chi connectivity index (χ3n) is 5.47. The Morgan fingerprint density at radius 3 is 2.67 bits per heavy atom. The molecule has 4 rings (SSSR count). The van der Waals surface area contributed by atoms with Crippen molar-refractivity contribution in [2.75, 3.05) is 31.5 Å². The SMILES string of the molecule is CC(c1ccccn1)n1c(NC2CCN(CCN)CC2)nc2ccccc21. The van der Waals surface area contributed by atoms with Crippen molar-refractivity contribution in [2.45, 2.75) is 31.8 Å². The summed E-state index contributed by atoms with van der Waals surface area (Å²) < 4.78 is 2.28. The average molecular weight is 364 g/mol. The van der Waals surface area contributed by atoms with Gasteiger partial charge in [0.1, 0.15) is 0 Å². The third-order valence-corrected chi connectivity index (χ3v) is 5.47. The number of hydrogen-bond donors (Lipinski definition) is 2. The molecule has 0 radical (unpaired) electrons. The summed E-state index contributed by atoms with van der Waals surface area (Å²) in [5.41, 5.74) is 8.89. The van der Waals surface area contributed by atoms with Gasteiger partial charge in [-0.3, -0.25) is 4.98 Å². The number of imidazole rings is 1. The molecule has 1 unspecified atom stereocenters. The number of nitrogens with one attached hydrogen (secondary N) is 1. The Bertz CT molecular complexity index is 867. The summed E-state index contributed by atoms with van der Waals surface area (Å²) in [5, 5.41) is 3.72. The maximum atomic E-state index is 5.69. The number of nitrogens with zero attached hydrogens (tertiary/aromatic N) is 4. The zero-order valence-corrected chi connectivity index (χ0v) is 15.9. The van der Waals surface area contributed by atoms with Gasteiger partial charge >= 0.3 is 0 Å². The van der Waals surface area contributed by atoms with Crippen LogP contribution in [0.15, 0.2) is 48.7 Å². The highest BCUT2D eigenvalue weighted by Crippen LogP contribution is 2.29.